The molecular weight excluding hydrogens is 808 g/mol. The summed E-state index contributed by atoms with van der Waals surface area (Å²) in [5, 5.41) is 64.8. The molecule has 316 valence electrons. The van der Waals surface area contributed by atoms with E-state index in [1.165, 1.54) is 0 Å². The Kier molecular flexibility index (Phi) is 16.0. The number of hydrogen-bond donors (Lipinski definition) is 10. The van der Waals surface area contributed by atoms with E-state index in [0.717, 1.165) is 39.0 Å². The van der Waals surface area contributed by atoms with Crippen LogP contribution in [0.4, 0.5) is 0 Å². The maximum atomic E-state index is 12.5. The predicted molar refractivity (Wildman–Crippen MR) is 205 cm³/mol. The largest absolute Gasteiger partial charge is 1.00 e. The van der Waals surface area contributed by atoms with Crippen molar-refractivity contribution in [2.24, 2.45) is 23.3 Å². The number of carboxylic acids is 2. The molecule has 4 atom stereocenters. The fourth-order valence-electron chi connectivity index (χ4n) is 8.20. The van der Waals surface area contributed by atoms with Gasteiger partial charge in [-0.2, -0.15) is 0 Å². The van der Waals surface area contributed by atoms with Crippen LogP contribution in [0.25, 0.3) is 0 Å². The molecule has 0 spiro atoms. The molecule has 6 aliphatic heterocycles. The molecule has 12 N–H and O–H groups in total. The third-order valence-corrected chi connectivity index (χ3v) is 11.7. The van der Waals surface area contributed by atoms with Crippen LogP contribution in [0, 0.1) is 11.8 Å². The van der Waals surface area contributed by atoms with E-state index in [1.54, 1.807) is 34.1 Å². The number of rotatable bonds is 10. The van der Waals surface area contributed by atoms with Crippen LogP contribution in [0.5, 0.6) is 23.0 Å². The number of aryl methyl sites for hydroxylation is 2. The number of carbonyl (C=O) groups excluding carboxylic acids is 2. The van der Waals surface area contributed by atoms with Crippen molar-refractivity contribution in [2.75, 3.05) is 52.4 Å². The number of hydrogen-bond acceptors (Lipinski definition) is 16. The van der Waals surface area contributed by atoms with Gasteiger partial charge in [-0.05, 0) is 87.0 Å². The molecule has 2 aromatic rings. The number of amides is 2. The second kappa shape index (κ2) is 19.8. The van der Waals surface area contributed by atoms with Gasteiger partial charge < -0.3 is 81.0 Å². The van der Waals surface area contributed by atoms with E-state index in [0.29, 0.717) is 50.1 Å². The first-order chi connectivity index (χ1) is 27.5. The number of ether oxygens (including phenoxy) is 2. The quantitative estimate of drug-likeness (QED) is 0.0993. The summed E-state index contributed by atoms with van der Waals surface area (Å²) in [6.45, 7) is -1.73. The van der Waals surface area contributed by atoms with Gasteiger partial charge in [0.1, 0.15) is 34.8 Å². The number of carbonyl (C=O) groups is 4. The minimum Gasteiger partial charge on any atom is -0.669 e. The number of nitrogens with one attached hydrogen (secondary N) is 2. The summed E-state index contributed by atoms with van der Waals surface area (Å²) in [6, 6.07) is 5.30. The predicted octanol–water partition coefficient (Wildman–Crippen LogP) is -8.45. The zero-order valence-electron chi connectivity index (χ0n) is 33.8. The summed E-state index contributed by atoms with van der Waals surface area (Å²) >= 11 is 0. The zero-order chi connectivity index (χ0) is 41.5. The molecule has 0 aromatic heterocycles. The normalized spacial score (nSPS) is 23.4. The van der Waals surface area contributed by atoms with Crippen molar-refractivity contribution in [3.05, 3.63) is 46.5 Å². The molecule has 4 saturated heterocycles. The third-order valence-electron chi connectivity index (χ3n) is 11.7. The van der Waals surface area contributed by atoms with Crippen LogP contribution in [0.15, 0.2) is 24.3 Å². The Labute approximate surface area is 390 Å². The van der Waals surface area contributed by atoms with Crippen LogP contribution >= 0.6 is 0 Å². The molecule has 24 heteroatoms. The van der Waals surface area contributed by atoms with Gasteiger partial charge in [0.05, 0.1) is 49.8 Å². The van der Waals surface area contributed by atoms with Crippen molar-refractivity contribution in [1.82, 2.24) is 20.4 Å². The summed E-state index contributed by atoms with van der Waals surface area (Å²) < 4.78 is 21.9. The van der Waals surface area contributed by atoms with Crippen LogP contribution in [-0.4, -0.2) is 154 Å². The van der Waals surface area contributed by atoms with Crippen LogP contribution in [0.2, 0.25) is 12.6 Å². The average molecular weight is 858 g/mol. The minimum absolute atomic E-state index is 0. The van der Waals surface area contributed by atoms with Crippen molar-refractivity contribution in [1.29, 1.82) is 0 Å². The summed E-state index contributed by atoms with van der Waals surface area (Å²) in [4.78, 5) is 51.8. The first kappa shape index (κ1) is 48.4. The van der Waals surface area contributed by atoms with Gasteiger partial charge >= 0.3 is 84.6 Å². The third kappa shape index (κ3) is 10.7. The van der Waals surface area contributed by atoms with Crippen LogP contribution < -0.4 is 100.0 Å². The van der Waals surface area contributed by atoms with Crippen LogP contribution in [0.3, 0.4) is 0 Å². The topological polar surface area (TPSA) is 309 Å². The van der Waals surface area contributed by atoms with Gasteiger partial charge in [0, 0.05) is 0 Å². The van der Waals surface area contributed by atoms with Gasteiger partial charge in [0.25, 0.3) is 0 Å². The number of nitrogens with zero attached hydrogens (tertiary/aromatic N) is 2. The maximum Gasteiger partial charge on any atom is 1.00 e. The van der Waals surface area contributed by atoms with Crippen LogP contribution in [-0.2, 0) is 22.4 Å². The second-order valence-electron chi connectivity index (χ2n) is 16.0. The summed E-state index contributed by atoms with van der Waals surface area (Å²) in [7, 11) is 0. The molecule has 0 bridgehead atoms. The fourth-order valence-corrected chi connectivity index (χ4v) is 8.20. The van der Waals surface area contributed by atoms with Crippen molar-refractivity contribution in [2.45, 2.75) is 62.6 Å². The minimum atomic E-state index is -3.09. The first-order valence-electron chi connectivity index (χ1n) is 19.7. The smallest absolute Gasteiger partial charge is 0.669 e. The second-order valence-corrected chi connectivity index (χ2v) is 16.0. The number of aromatic carboxylic acids is 2. The van der Waals surface area contributed by atoms with E-state index < -0.39 is 37.5 Å². The zero-order valence-corrected chi connectivity index (χ0v) is 37.8. The number of likely N-dealkylation sites (tertiary alicyclic amines) is 2. The Bertz CT molecular complexity index is 1790. The molecule has 6 aliphatic rings. The number of fused-ring (bicyclic) bond motifs is 2. The summed E-state index contributed by atoms with van der Waals surface area (Å²) in [6.07, 6.45) is 1.60. The van der Waals surface area contributed by atoms with Gasteiger partial charge in [-0.15, -0.1) is 0 Å². The Hall–Kier alpha value is -2.67. The van der Waals surface area contributed by atoms with Crippen molar-refractivity contribution in [3.8, 4) is 23.0 Å². The Balaban J connectivity index is 0.000000220. The van der Waals surface area contributed by atoms with Gasteiger partial charge in [0.15, 0.2) is 0 Å². The van der Waals surface area contributed by atoms with E-state index in [2.05, 4.69) is 10.6 Å². The molecule has 4 unspecified atom stereocenters. The van der Waals surface area contributed by atoms with E-state index in [9.17, 15) is 49.5 Å². The molecule has 8 rings (SSSR count). The molecule has 2 aromatic carbocycles. The molecule has 4 fully saturated rings. The molecule has 0 saturated carbocycles. The van der Waals surface area contributed by atoms with Crippen molar-refractivity contribution < 1.29 is 127 Å². The number of benzene rings is 2. The molecule has 0 radical (unpaired) electrons. The maximum absolute atomic E-state index is 12.5. The Morgan fingerprint density at radius 2 is 1.03 bits per heavy atom. The number of nitrogens with two attached hydrogens (primary N) is 2. The van der Waals surface area contributed by atoms with Crippen molar-refractivity contribution in [3.63, 3.8) is 0 Å². The SMILES string of the molecule is NC(C(=O)N1CC(Oc2ccc3c(c2C(=O)O)O[B-](O)(O)CC3)C1)C1CCNC1.NC(C(=O)N1CC(Oc2ccc3c(c2C(=O)O)O[B-](O)(O)CC3)C1)C1CCNC1.[Na+].[Na+]. The Morgan fingerprint density at radius 3 is 1.35 bits per heavy atom. The molecule has 0 aliphatic carbocycles. The molecule has 6 heterocycles. The standard InChI is InChI=1S/2C18H25BN3O7.2Na/c2*20-15(11-4-6-21-7-11)17(23)22-8-12(9-22)28-13-2-1-10-3-5-19(26,27)29-16(10)14(13)18(24)25;;/h2*1-2,11-12,15,21,26-27H,3-9,20H2,(H,24,25);;/q2*-1;2*+1. The summed E-state index contributed by atoms with van der Waals surface area (Å²) in [5.74, 6) is -2.57. The van der Waals surface area contributed by atoms with E-state index >= 15 is 0 Å². The van der Waals surface area contributed by atoms with E-state index in [-0.39, 0.29) is 142 Å². The monoisotopic (exact) mass is 858 g/mol. The molecule has 2 amide bonds. The van der Waals surface area contributed by atoms with E-state index in [1.807, 2.05) is 0 Å². The van der Waals surface area contributed by atoms with Crippen molar-refractivity contribution >= 4 is 37.3 Å². The van der Waals surface area contributed by atoms with E-state index in [4.69, 9.17) is 30.2 Å². The molecular formula is C36H50B2N6Na2O14. The van der Waals surface area contributed by atoms with Gasteiger partial charge in [0.2, 0.25) is 11.8 Å². The average Bonchev–Trinajstić information content (AvgIpc) is 3.88. The van der Waals surface area contributed by atoms with Gasteiger partial charge in [-0.3, -0.25) is 9.59 Å². The molecule has 20 nitrogen and oxygen atoms in total. The van der Waals surface area contributed by atoms with Gasteiger partial charge in [-0.1, -0.05) is 24.8 Å². The number of carboxylic acid groups (broad SMARTS) is 2. The Morgan fingerprint density at radius 1 is 0.667 bits per heavy atom. The van der Waals surface area contributed by atoms with Crippen LogP contribution in [0.1, 0.15) is 44.7 Å². The summed E-state index contributed by atoms with van der Waals surface area (Å²) in [5.41, 5.74) is 12.8. The fraction of sp³-hybridized carbons (Fsp3) is 0.556. The molecule has 60 heavy (non-hydrogen) atoms. The first-order valence-corrected chi connectivity index (χ1v) is 19.7. The van der Waals surface area contributed by atoms with Gasteiger partial charge in [-0.25, -0.2) is 9.59 Å².